The average Bonchev–Trinajstić information content (AvgIpc) is 2.65. The summed E-state index contributed by atoms with van der Waals surface area (Å²) in [5.41, 5.74) is 0.590. The number of amides is 1. The molecule has 0 unspecified atom stereocenters. The minimum Gasteiger partial charge on any atom is -0.493 e. The molecule has 0 atom stereocenters. The SMILES string of the molecule is CCOCCOc1ccccc1NC(=O)COc1ccccc1OC. The minimum absolute atomic E-state index is 0.131. The molecule has 6 nitrogen and oxygen atoms in total. The van der Waals surface area contributed by atoms with Crippen LogP contribution in [0.3, 0.4) is 0 Å². The number of rotatable bonds is 10. The molecule has 2 aromatic carbocycles. The van der Waals surface area contributed by atoms with E-state index < -0.39 is 0 Å². The molecule has 6 heteroatoms. The molecule has 0 saturated heterocycles. The third-order valence-corrected chi connectivity index (χ3v) is 3.28. The second-order valence-corrected chi connectivity index (χ2v) is 5.03. The lowest BCUT2D eigenvalue weighted by Crippen LogP contribution is -2.21. The first-order chi connectivity index (χ1) is 12.2. The van der Waals surface area contributed by atoms with Crippen LogP contribution in [0.4, 0.5) is 5.69 Å². The zero-order valence-electron chi connectivity index (χ0n) is 14.5. The molecule has 2 rings (SSSR count). The van der Waals surface area contributed by atoms with E-state index in [1.165, 1.54) is 0 Å². The molecular weight excluding hydrogens is 322 g/mol. The van der Waals surface area contributed by atoms with Crippen LogP contribution in [-0.4, -0.2) is 39.4 Å². The van der Waals surface area contributed by atoms with Gasteiger partial charge in [-0.2, -0.15) is 0 Å². The van der Waals surface area contributed by atoms with Crippen molar-refractivity contribution >= 4 is 11.6 Å². The first kappa shape index (κ1) is 18.6. The van der Waals surface area contributed by atoms with E-state index in [1.807, 2.05) is 31.2 Å². The van der Waals surface area contributed by atoms with Crippen LogP contribution < -0.4 is 19.5 Å². The van der Waals surface area contributed by atoms with E-state index in [2.05, 4.69) is 5.32 Å². The molecule has 0 bridgehead atoms. The number of anilines is 1. The summed E-state index contributed by atoms with van der Waals surface area (Å²) < 4.78 is 21.6. The number of hydrogen-bond acceptors (Lipinski definition) is 5. The first-order valence-electron chi connectivity index (χ1n) is 8.09. The highest BCUT2D eigenvalue weighted by Crippen LogP contribution is 2.26. The van der Waals surface area contributed by atoms with Gasteiger partial charge < -0.3 is 24.3 Å². The Morgan fingerprint density at radius 1 is 0.920 bits per heavy atom. The van der Waals surface area contributed by atoms with Crippen LogP contribution in [0, 0.1) is 0 Å². The van der Waals surface area contributed by atoms with E-state index in [4.69, 9.17) is 18.9 Å². The van der Waals surface area contributed by atoms with E-state index in [-0.39, 0.29) is 12.5 Å². The van der Waals surface area contributed by atoms with E-state index in [9.17, 15) is 4.79 Å². The van der Waals surface area contributed by atoms with Crippen LogP contribution in [0.25, 0.3) is 0 Å². The Morgan fingerprint density at radius 3 is 2.32 bits per heavy atom. The normalized spacial score (nSPS) is 10.2. The van der Waals surface area contributed by atoms with Crippen molar-refractivity contribution in [3.63, 3.8) is 0 Å². The van der Waals surface area contributed by atoms with Gasteiger partial charge in [0.25, 0.3) is 5.91 Å². The van der Waals surface area contributed by atoms with Crippen LogP contribution in [0.2, 0.25) is 0 Å². The molecule has 0 aliphatic carbocycles. The highest BCUT2D eigenvalue weighted by molar-refractivity contribution is 5.93. The summed E-state index contributed by atoms with van der Waals surface area (Å²) in [6, 6.07) is 14.4. The molecule has 0 saturated carbocycles. The summed E-state index contributed by atoms with van der Waals surface area (Å²) in [6.45, 7) is 3.35. The Hall–Kier alpha value is -2.73. The van der Waals surface area contributed by atoms with Crippen molar-refractivity contribution in [3.05, 3.63) is 48.5 Å². The molecule has 0 heterocycles. The van der Waals surface area contributed by atoms with Gasteiger partial charge in [0.1, 0.15) is 12.4 Å². The predicted molar refractivity (Wildman–Crippen MR) is 95.5 cm³/mol. The van der Waals surface area contributed by atoms with Crippen LogP contribution in [0.5, 0.6) is 17.2 Å². The maximum Gasteiger partial charge on any atom is 0.262 e. The van der Waals surface area contributed by atoms with Crippen LogP contribution in [0.15, 0.2) is 48.5 Å². The lowest BCUT2D eigenvalue weighted by Gasteiger charge is -2.13. The maximum absolute atomic E-state index is 12.2. The first-order valence-corrected chi connectivity index (χ1v) is 8.09. The quantitative estimate of drug-likeness (QED) is 0.670. The Labute approximate surface area is 147 Å². The summed E-state index contributed by atoms with van der Waals surface area (Å²) in [6.07, 6.45) is 0. The van der Waals surface area contributed by atoms with Gasteiger partial charge in [0.05, 0.1) is 19.4 Å². The third-order valence-electron chi connectivity index (χ3n) is 3.28. The van der Waals surface area contributed by atoms with Crippen molar-refractivity contribution in [2.75, 3.05) is 38.9 Å². The molecule has 0 fully saturated rings. The second kappa shape index (κ2) is 10.2. The number of carbonyl (C=O) groups excluding carboxylic acids is 1. The number of nitrogens with one attached hydrogen (secondary N) is 1. The highest BCUT2D eigenvalue weighted by Gasteiger charge is 2.10. The molecular formula is C19H23NO5. The van der Waals surface area contributed by atoms with Gasteiger partial charge in [-0.25, -0.2) is 0 Å². The Kier molecular flexibility index (Phi) is 7.59. The molecule has 0 radical (unpaired) electrons. The van der Waals surface area contributed by atoms with Gasteiger partial charge in [-0.3, -0.25) is 4.79 Å². The number of carbonyl (C=O) groups is 1. The van der Waals surface area contributed by atoms with Crippen molar-refractivity contribution in [3.8, 4) is 17.2 Å². The molecule has 134 valence electrons. The highest BCUT2D eigenvalue weighted by atomic mass is 16.5. The van der Waals surface area contributed by atoms with Crippen molar-refractivity contribution in [1.82, 2.24) is 0 Å². The monoisotopic (exact) mass is 345 g/mol. The molecule has 0 aliphatic heterocycles. The number of methoxy groups -OCH3 is 1. The van der Waals surface area contributed by atoms with Gasteiger partial charge >= 0.3 is 0 Å². The largest absolute Gasteiger partial charge is 0.493 e. The number of benzene rings is 2. The number of para-hydroxylation sites is 4. The van der Waals surface area contributed by atoms with E-state index in [0.29, 0.717) is 42.8 Å². The second-order valence-electron chi connectivity index (χ2n) is 5.03. The van der Waals surface area contributed by atoms with Gasteiger partial charge in [0.15, 0.2) is 18.1 Å². The fraction of sp³-hybridized carbons (Fsp3) is 0.316. The fourth-order valence-electron chi connectivity index (χ4n) is 2.12. The van der Waals surface area contributed by atoms with Gasteiger partial charge in [-0.15, -0.1) is 0 Å². The molecule has 0 aliphatic rings. The smallest absolute Gasteiger partial charge is 0.262 e. The zero-order chi connectivity index (χ0) is 17.9. The Morgan fingerprint density at radius 2 is 1.60 bits per heavy atom. The summed E-state index contributed by atoms with van der Waals surface area (Å²) in [5, 5.41) is 2.79. The van der Waals surface area contributed by atoms with Gasteiger partial charge in [0.2, 0.25) is 0 Å². The third kappa shape index (κ3) is 6.00. The Balaban J connectivity index is 1.89. The van der Waals surface area contributed by atoms with Crippen LogP contribution in [-0.2, 0) is 9.53 Å². The molecule has 1 amide bonds. The van der Waals surface area contributed by atoms with E-state index in [1.54, 1.807) is 31.4 Å². The van der Waals surface area contributed by atoms with Crippen molar-refractivity contribution in [1.29, 1.82) is 0 Å². The fourth-order valence-corrected chi connectivity index (χ4v) is 2.12. The molecule has 2 aromatic rings. The summed E-state index contributed by atoms with van der Waals surface area (Å²) in [5.74, 6) is 1.40. The van der Waals surface area contributed by atoms with Crippen molar-refractivity contribution in [2.45, 2.75) is 6.92 Å². The zero-order valence-corrected chi connectivity index (χ0v) is 14.5. The average molecular weight is 345 g/mol. The molecule has 0 aromatic heterocycles. The summed E-state index contributed by atoms with van der Waals surface area (Å²) in [7, 11) is 1.55. The molecule has 1 N–H and O–H groups in total. The van der Waals surface area contributed by atoms with E-state index in [0.717, 1.165) is 0 Å². The van der Waals surface area contributed by atoms with Crippen LogP contribution in [0.1, 0.15) is 6.92 Å². The topological polar surface area (TPSA) is 66.0 Å². The van der Waals surface area contributed by atoms with E-state index >= 15 is 0 Å². The summed E-state index contributed by atoms with van der Waals surface area (Å²) >= 11 is 0. The minimum atomic E-state index is -0.285. The van der Waals surface area contributed by atoms with Crippen molar-refractivity contribution in [2.24, 2.45) is 0 Å². The predicted octanol–water partition coefficient (Wildman–Crippen LogP) is 3.13. The lowest BCUT2D eigenvalue weighted by atomic mass is 10.3. The Bertz CT molecular complexity index is 674. The van der Waals surface area contributed by atoms with Crippen LogP contribution >= 0.6 is 0 Å². The molecule has 25 heavy (non-hydrogen) atoms. The molecule has 0 spiro atoms. The number of ether oxygens (including phenoxy) is 4. The van der Waals surface area contributed by atoms with Crippen molar-refractivity contribution < 1.29 is 23.7 Å². The van der Waals surface area contributed by atoms with Gasteiger partial charge in [0, 0.05) is 6.61 Å². The number of hydrogen-bond donors (Lipinski definition) is 1. The van der Waals surface area contributed by atoms with Gasteiger partial charge in [-0.1, -0.05) is 24.3 Å². The lowest BCUT2D eigenvalue weighted by molar-refractivity contribution is -0.118. The maximum atomic E-state index is 12.2. The standard InChI is InChI=1S/C19H23NO5/c1-3-23-12-13-24-16-9-5-4-8-15(16)20-19(21)14-25-18-11-7-6-10-17(18)22-2/h4-11H,3,12-14H2,1-2H3,(H,20,21). The van der Waals surface area contributed by atoms with Gasteiger partial charge in [-0.05, 0) is 31.2 Å². The summed E-state index contributed by atoms with van der Waals surface area (Å²) in [4.78, 5) is 12.2.